The van der Waals surface area contributed by atoms with Gasteiger partial charge < -0.3 is 20.3 Å². The number of piperazine rings is 1. The van der Waals surface area contributed by atoms with Gasteiger partial charge in [-0.05, 0) is 25.3 Å². The number of rotatable bonds is 5. The van der Waals surface area contributed by atoms with Crippen LogP contribution >= 0.6 is 0 Å². The van der Waals surface area contributed by atoms with Gasteiger partial charge >= 0.3 is 0 Å². The summed E-state index contributed by atoms with van der Waals surface area (Å²) in [6, 6.07) is 0.689. The van der Waals surface area contributed by atoms with Crippen molar-refractivity contribution >= 4 is 0 Å². The van der Waals surface area contributed by atoms with Crippen LogP contribution in [0.5, 0.6) is 0 Å². The van der Waals surface area contributed by atoms with Crippen LogP contribution in [0.3, 0.4) is 0 Å². The quantitative estimate of drug-likeness (QED) is 0.726. The smallest absolute Gasteiger partial charge is 0.0480 e. The second-order valence-corrected chi connectivity index (χ2v) is 5.45. The first-order chi connectivity index (χ1) is 8.34. The van der Waals surface area contributed by atoms with Crippen molar-refractivity contribution in [3.05, 3.63) is 0 Å². The minimum atomic E-state index is 0.689. The molecule has 2 fully saturated rings. The molecule has 0 spiro atoms. The van der Waals surface area contributed by atoms with E-state index < -0.39 is 0 Å². The average Bonchev–Trinajstić information content (AvgIpc) is 2.39. The van der Waals surface area contributed by atoms with Gasteiger partial charge in [0, 0.05) is 52.0 Å². The first-order valence-corrected chi connectivity index (χ1v) is 7.09. The van der Waals surface area contributed by atoms with Crippen LogP contribution in [0.15, 0.2) is 0 Å². The van der Waals surface area contributed by atoms with Crippen molar-refractivity contribution in [2.24, 2.45) is 5.92 Å². The molecule has 4 nitrogen and oxygen atoms in total. The van der Waals surface area contributed by atoms with Crippen LogP contribution in [-0.4, -0.2) is 63.4 Å². The molecule has 0 radical (unpaired) electrons. The Labute approximate surface area is 105 Å². The van der Waals surface area contributed by atoms with Crippen molar-refractivity contribution in [2.75, 3.05) is 52.5 Å². The fraction of sp³-hybridized carbons (Fsp3) is 1.00. The standard InChI is InChI=1S/C13H27N3O/c1-12(11-16-6-4-14-5-7-16)10-15-13-2-8-17-9-3-13/h12-15H,2-11H2,1H3. The first-order valence-electron chi connectivity index (χ1n) is 7.09. The highest BCUT2D eigenvalue weighted by molar-refractivity contribution is 4.74. The minimum Gasteiger partial charge on any atom is -0.381 e. The highest BCUT2D eigenvalue weighted by Gasteiger charge is 2.16. The van der Waals surface area contributed by atoms with E-state index in [2.05, 4.69) is 22.5 Å². The number of nitrogens with one attached hydrogen (secondary N) is 2. The summed E-state index contributed by atoms with van der Waals surface area (Å²) in [5.41, 5.74) is 0. The zero-order chi connectivity index (χ0) is 11.9. The van der Waals surface area contributed by atoms with E-state index >= 15 is 0 Å². The van der Waals surface area contributed by atoms with E-state index in [0.717, 1.165) is 38.8 Å². The summed E-state index contributed by atoms with van der Waals surface area (Å²) in [5.74, 6) is 0.746. The molecule has 2 N–H and O–H groups in total. The van der Waals surface area contributed by atoms with Crippen molar-refractivity contribution in [3.8, 4) is 0 Å². The maximum absolute atomic E-state index is 5.37. The van der Waals surface area contributed by atoms with E-state index in [0.29, 0.717) is 6.04 Å². The van der Waals surface area contributed by atoms with E-state index in [1.807, 2.05) is 0 Å². The Balaban J connectivity index is 1.57. The van der Waals surface area contributed by atoms with Crippen molar-refractivity contribution in [2.45, 2.75) is 25.8 Å². The largest absolute Gasteiger partial charge is 0.381 e. The summed E-state index contributed by atoms with van der Waals surface area (Å²) in [5, 5.41) is 7.09. The SMILES string of the molecule is CC(CNC1CCOCC1)CN1CCNCC1. The van der Waals surface area contributed by atoms with Gasteiger partial charge in [-0.1, -0.05) is 6.92 Å². The molecule has 0 aromatic heterocycles. The number of hydrogen-bond donors (Lipinski definition) is 2. The molecule has 0 bridgehead atoms. The monoisotopic (exact) mass is 241 g/mol. The molecule has 0 aromatic carbocycles. The molecule has 2 aliphatic rings. The van der Waals surface area contributed by atoms with Crippen LogP contribution in [-0.2, 0) is 4.74 Å². The Morgan fingerprint density at radius 2 is 2.00 bits per heavy atom. The molecule has 2 heterocycles. The Kier molecular flexibility index (Phi) is 5.71. The molecule has 0 aromatic rings. The van der Waals surface area contributed by atoms with Gasteiger partial charge in [0.25, 0.3) is 0 Å². The van der Waals surface area contributed by atoms with E-state index in [4.69, 9.17) is 4.74 Å². The topological polar surface area (TPSA) is 36.5 Å². The van der Waals surface area contributed by atoms with Crippen molar-refractivity contribution in [3.63, 3.8) is 0 Å². The maximum atomic E-state index is 5.37. The third-order valence-electron chi connectivity index (χ3n) is 3.76. The lowest BCUT2D eigenvalue weighted by molar-refractivity contribution is 0.0763. The van der Waals surface area contributed by atoms with E-state index in [1.54, 1.807) is 0 Å². The molecule has 2 rings (SSSR count). The number of ether oxygens (including phenoxy) is 1. The van der Waals surface area contributed by atoms with Gasteiger partial charge in [-0.2, -0.15) is 0 Å². The van der Waals surface area contributed by atoms with E-state index in [9.17, 15) is 0 Å². The highest BCUT2D eigenvalue weighted by Crippen LogP contribution is 2.07. The van der Waals surface area contributed by atoms with E-state index in [1.165, 1.54) is 32.5 Å². The fourth-order valence-electron chi connectivity index (χ4n) is 2.67. The summed E-state index contributed by atoms with van der Waals surface area (Å²) in [7, 11) is 0. The maximum Gasteiger partial charge on any atom is 0.0480 e. The Morgan fingerprint density at radius 1 is 1.29 bits per heavy atom. The van der Waals surface area contributed by atoms with Crippen molar-refractivity contribution < 1.29 is 4.74 Å². The fourth-order valence-corrected chi connectivity index (χ4v) is 2.67. The molecule has 100 valence electrons. The Bertz CT molecular complexity index is 201. The highest BCUT2D eigenvalue weighted by atomic mass is 16.5. The molecule has 17 heavy (non-hydrogen) atoms. The summed E-state index contributed by atoms with van der Waals surface area (Å²) >= 11 is 0. The summed E-state index contributed by atoms with van der Waals surface area (Å²) in [6.07, 6.45) is 2.36. The molecule has 4 heteroatoms. The molecular formula is C13H27N3O. The molecule has 1 atom stereocenters. The van der Waals surface area contributed by atoms with Crippen LogP contribution in [0.1, 0.15) is 19.8 Å². The summed E-state index contributed by atoms with van der Waals surface area (Å²) in [4.78, 5) is 2.58. The third kappa shape index (κ3) is 4.92. The molecule has 0 amide bonds. The Hall–Kier alpha value is -0.160. The predicted molar refractivity (Wildman–Crippen MR) is 70.3 cm³/mol. The molecule has 0 aliphatic carbocycles. The molecule has 1 unspecified atom stereocenters. The minimum absolute atomic E-state index is 0.689. The van der Waals surface area contributed by atoms with Gasteiger partial charge in [-0.15, -0.1) is 0 Å². The van der Waals surface area contributed by atoms with Gasteiger partial charge in [0.15, 0.2) is 0 Å². The zero-order valence-corrected chi connectivity index (χ0v) is 11.1. The second-order valence-electron chi connectivity index (χ2n) is 5.45. The predicted octanol–water partition coefficient (Wildman–Crippen LogP) is 0.296. The summed E-state index contributed by atoms with van der Waals surface area (Å²) in [6.45, 7) is 11.3. The number of nitrogens with zero attached hydrogens (tertiary/aromatic N) is 1. The molecule has 0 saturated carbocycles. The van der Waals surface area contributed by atoms with E-state index in [-0.39, 0.29) is 0 Å². The van der Waals surface area contributed by atoms with Gasteiger partial charge in [-0.25, -0.2) is 0 Å². The van der Waals surface area contributed by atoms with Crippen LogP contribution in [0.2, 0.25) is 0 Å². The Morgan fingerprint density at radius 3 is 2.71 bits per heavy atom. The van der Waals surface area contributed by atoms with Crippen LogP contribution in [0.4, 0.5) is 0 Å². The van der Waals surface area contributed by atoms with Crippen LogP contribution in [0.25, 0.3) is 0 Å². The van der Waals surface area contributed by atoms with Gasteiger partial charge in [0.2, 0.25) is 0 Å². The van der Waals surface area contributed by atoms with Crippen molar-refractivity contribution in [1.29, 1.82) is 0 Å². The van der Waals surface area contributed by atoms with Crippen molar-refractivity contribution in [1.82, 2.24) is 15.5 Å². The van der Waals surface area contributed by atoms with Crippen LogP contribution in [0, 0.1) is 5.92 Å². The lowest BCUT2D eigenvalue weighted by Crippen LogP contribution is -2.46. The zero-order valence-electron chi connectivity index (χ0n) is 11.1. The van der Waals surface area contributed by atoms with Gasteiger partial charge in [0.05, 0.1) is 0 Å². The normalized spacial score (nSPS) is 25.9. The lowest BCUT2D eigenvalue weighted by atomic mass is 10.1. The summed E-state index contributed by atoms with van der Waals surface area (Å²) < 4.78 is 5.37. The van der Waals surface area contributed by atoms with Crippen LogP contribution < -0.4 is 10.6 Å². The third-order valence-corrected chi connectivity index (χ3v) is 3.76. The molecule has 2 saturated heterocycles. The van der Waals surface area contributed by atoms with Gasteiger partial charge in [0.1, 0.15) is 0 Å². The first kappa shape index (κ1) is 13.3. The lowest BCUT2D eigenvalue weighted by Gasteiger charge is -2.31. The van der Waals surface area contributed by atoms with Gasteiger partial charge in [-0.3, -0.25) is 0 Å². The number of hydrogen-bond acceptors (Lipinski definition) is 4. The molecular weight excluding hydrogens is 214 g/mol. The molecule has 2 aliphatic heterocycles. The average molecular weight is 241 g/mol. The second kappa shape index (κ2) is 7.31.